The Morgan fingerprint density at radius 2 is 2.05 bits per heavy atom. The van der Waals surface area contributed by atoms with Crippen molar-refractivity contribution in [3.63, 3.8) is 0 Å². The Labute approximate surface area is 126 Å². The SMILES string of the molecule is CCCOc1ccc(Br)cc1C(=O)NCC(=O)OCC. The second-order valence-corrected chi connectivity index (χ2v) is 4.89. The number of rotatable bonds is 7. The zero-order valence-corrected chi connectivity index (χ0v) is 13.2. The number of amides is 1. The first-order valence-corrected chi connectivity index (χ1v) is 7.24. The van der Waals surface area contributed by atoms with Crippen LogP contribution in [0.5, 0.6) is 5.75 Å². The van der Waals surface area contributed by atoms with Gasteiger partial charge in [-0.1, -0.05) is 22.9 Å². The first-order valence-electron chi connectivity index (χ1n) is 6.44. The van der Waals surface area contributed by atoms with Crippen LogP contribution in [0.4, 0.5) is 0 Å². The number of halogens is 1. The molecule has 0 heterocycles. The maximum atomic E-state index is 12.1. The van der Waals surface area contributed by atoms with Crippen molar-refractivity contribution in [2.75, 3.05) is 19.8 Å². The molecule has 0 aliphatic carbocycles. The van der Waals surface area contributed by atoms with Crippen molar-refractivity contribution in [1.82, 2.24) is 5.32 Å². The zero-order valence-electron chi connectivity index (χ0n) is 11.6. The van der Waals surface area contributed by atoms with Crippen molar-refractivity contribution in [2.24, 2.45) is 0 Å². The van der Waals surface area contributed by atoms with E-state index in [1.54, 1.807) is 25.1 Å². The molecule has 1 aromatic rings. The van der Waals surface area contributed by atoms with E-state index in [-0.39, 0.29) is 19.1 Å². The molecule has 1 N–H and O–H groups in total. The molecule has 0 aromatic heterocycles. The van der Waals surface area contributed by atoms with Crippen LogP contribution in [0.3, 0.4) is 0 Å². The third-order valence-corrected chi connectivity index (χ3v) is 2.84. The van der Waals surface area contributed by atoms with Gasteiger partial charge in [-0.05, 0) is 31.5 Å². The highest BCUT2D eigenvalue weighted by Crippen LogP contribution is 2.23. The third-order valence-electron chi connectivity index (χ3n) is 2.35. The Hall–Kier alpha value is -1.56. The normalized spacial score (nSPS) is 9.95. The summed E-state index contributed by atoms with van der Waals surface area (Å²) >= 11 is 3.31. The van der Waals surface area contributed by atoms with Crippen LogP contribution in [0, 0.1) is 0 Å². The lowest BCUT2D eigenvalue weighted by Gasteiger charge is -2.11. The Morgan fingerprint density at radius 1 is 1.30 bits per heavy atom. The summed E-state index contributed by atoms with van der Waals surface area (Å²) in [4.78, 5) is 23.3. The zero-order chi connectivity index (χ0) is 15.0. The topological polar surface area (TPSA) is 64.6 Å². The lowest BCUT2D eigenvalue weighted by atomic mass is 10.2. The molecule has 110 valence electrons. The van der Waals surface area contributed by atoms with Gasteiger partial charge in [0.1, 0.15) is 12.3 Å². The second-order valence-electron chi connectivity index (χ2n) is 3.98. The molecular weight excluding hydrogens is 326 g/mol. The summed E-state index contributed by atoms with van der Waals surface area (Å²) in [6.07, 6.45) is 0.847. The van der Waals surface area contributed by atoms with Gasteiger partial charge in [-0.25, -0.2) is 0 Å². The predicted molar refractivity (Wildman–Crippen MR) is 78.9 cm³/mol. The van der Waals surface area contributed by atoms with Gasteiger partial charge in [0.25, 0.3) is 5.91 Å². The first-order chi connectivity index (χ1) is 9.58. The Balaban J connectivity index is 2.74. The summed E-state index contributed by atoms with van der Waals surface area (Å²) in [5.74, 6) is -0.339. The van der Waals surface area contributed by atoms with E-state index in [2.05, 4.69) is 21.2 Å². The molecule has 0 atom stereocenters. The molecule has 0 unspecified atom stereocenters. The third kappa shape index (κ3) is 5.21. The number of nitrogens with one attached hydrogen (secondary N) is 1. The monoisotopic (exact) mass is 343 g/mol. The minimum absolute atomic E-state index is 0.160. The van der Waals surface area contributed by atoms with Crippen molar-refractivity contribution >= 4 is 27.8 Å². The fraction of sp³-hybridized carbons (Fsp3) is 0.429. The fourth-order valence-corrected chi connectivity index (χ4v) is 1.84. The highest BCUT2D eigenvalue weighted by molar-refractivity contribution is 9.10. The van der Waals surface area contributed by atoms with Crippen molar-refractivity contribution in [2.45, 2.75) is 20.3 Å². The Morgan fingerprint density at radius 3 is 2.70 bits per heavy atom. The second kappa shape index (κ2) is 8.58. The summed E-state index contributed by atoms with van der Waals surface area (Å²) in [6.45, 7) is 4.35. The number of carbonyl (C=O) groups is 2. The van der Waals surface area contributed by atoms with Gasteiger partial charge < -0.3 is 14.8 Å². The van der Waals surface area contributed by atoms with E-state index in [1.165, 1.54) is 0 Å². The average molecular weight is 344 g/mol. The number of carbonyl (C=O) groups excluding carboxylic acids is 2. The van der Waals surface area contributed by atoms with Gasteiger partial charge in [0, 0.05) is 4.47 Å². The Kier molecular flexibility index (Phi) is 7.08. The molecular formula is C14H18BrNO4. The average Bonchev–Trinajstić information content (AvgIpc) is 2.43. The maximum absolute atomic E-state index is 12.1. The number of benzene rings is 1. The molecule has 20 heavy (non-hydrogen) atoms. The largest absolute Gasteiger partial charge is 0.493 e. The molecule has 6 heteroatoms. The summed E-state index contributed by atoms with van der Waals surface area (Å²) in [6, 6.07) is 5.18. The molecule has 0 saturated carbocycles. The van der Waals surface area contributed by atoms with Crippen LogP contribution in [0.2, 0.25) is 0 Å². The standard InChI is InChI=1S/C14H18BrNO4/c1-3-7-20-12-6-5-10(15)8-11(12)14(18)16-9-13(17)19-4-2/h5-6,8H,3-4,7,9H2,1-2H3,(H,16,18). The van der Waals surface area contributed by atoms with Crippen LogP contribution in [-0.2, 0) is 9.53 Å². The predicted octanol–water partition coefficient (Wildman–Crippen LogP) is 2.53. The molecule has 0 spiro atoms. The van der Waals surface area contributed by atoms with Crippen LogP contribution < -0.4 is 10.1 Å². The number of hydrogen-bond donors (Lipinski definition) is 1. The van der Waals surface area contributed by atoms with Crippen molar-refractivity contribution in [3.05, 3.63) is 28.2 Å². The van der Waals surface area contributed by atoms with Gasteiger partial charge in [0.15, 0.2) is 0 Å². The number of hydrogen-bond acceptors (Lipinski definition) is 4. The number of ether oxygens (including phenoxy) is 2. The fourth-order valence-electron chi connectivity index (χ4n) is 1.48. The van der Waals surface area contributed by atoms with E-state index in [0.29, 0.717) is 17.9 Å². The smallest absolute Gasteiger partial charge is 0.325 e. The van der Waals surface area contributed by atoms with Crippen molar-refractivity contribution in [3.8, 4) is 5.75 Å². The molecule has 0 aliphatic heterocycles. The van der Waals surface area contributed by atoms with E-state index in [9.17, 15) is 9.59 Å². The van der Waals surface area contributed by atoms with E-state index >= 15 is 0 Å². The van der Waals surface area contributed by atoms with Crippen molar-refractivity contribution < 1.29 is 19.1 Å². The molecule has 0 saturated heterocycles. The van der Waals surface area contributed by atoms with Gasteiger partial charge in [-0.2, -0.15) is 0 Å². The van der Waals surface area contributed by atoms with E-state index in [4.69, 9.17) is 9.47 Å². The lowest BCUT2D eigenvalue weighted by molar-refractivity contribution is -0.141. The highest BCUT2D eigenvalue weighted by atomic mass is 79.9. The molecule has 0 bridgehead atoms. The number of esters is 1. The van der Waals surface area contributed by atoms with Crippen LogP contribution >= 0.6 is 15.9 Å². The van der Waals surface area contributed by atoms with E-state index < -0.39 is 5.97 Å². The Bertz CT molecular complexity index is 476. The maximum Gasteiger partial charge on any atom is 0.325 e. The van der Waals surface area contributed by atoms with Crippen LogP contribution in [0.15, 0.2) is 22.7 Å². The molecule has 1 amide bonds. The van der Waals surface area contributed by atoms with Crippen LogP contribution in [-0.4, -0.2) is 31.6 Å². The van der Waals surface area contributed by atoms with Gasteiger partial charge in [-0.15, -0.1) is 0 Å². The molecule has 0 fully saturated rings. The van der Waals surface area contributed by atoms with Crippen LogP contribution in [0.1, 0.15) is 30.6 Å². The lowest BCUT2D eigenvalue weighted by Crippen LogP contribution is -2.31. The van der Waals surface area contributed by atoms with Gasteiger partial charge >= 0.3 is 5.97 Å². The van der Waals surface area contributed by atoms with Crippen LogP contribution in [0.25, 0.3) is 0 Å². The molecule has 0 aliphatic rings. The van der Waals surface area contributed by atoms with Gasteiger partial charge in [0.2, 0.25) is 0 Å². The summed E-state index contributed by atoms with van der Waals surface area (Å²) < 4.78 is 11.0. The van der Waals surface area contributed by atoms with E-state index in [0.717, 1.165) is 10.9 Å². The summed E-state index contributed by atoms with van der Waals surface area (Å²) in [5.41, 5.74) is 0.386. The quantitative estimate of drug-likeness (QED) is 0.772. The molecule has 0 radical (unpaired) electrons. The highest BCUT2D eigenvalue weighted by Gasteiger charge is 2.14. The molecule has 1 aromatic carbocycles. The minimum atomic E-state index is -0.466. The van der Waals surface area contributed by atoms with Gasteiger partial charge in [0.05, 0.1) is 18.8 Å². The van der Waals surface area contributed by atoms with Gasteiger partial charge in [-0.3, -0.25) is 9.59 Å². The molecule has 1 rings (SSSR count). The minimum Gasteiger partial charge on any atom is -0.493 e. The summed E-state index contributed by atoms with van der Waals surface area (Å²) in [5, 5.41) is 2.51. The van der Waals surface area contributed by atoms with E-state index in [1.807, 2.05) is 6.92 Å². The van der Waals surface area contributed by atoms with Crippen molar-refractivity contribution in [1.29, 1.82) is 0 Å². The molecule has 5 nitrogen and oxygen atoms in total. The first kappa shape index (κ1) is 16.5. The summed E-state index contributed by atoms with van der Waals surface area (Å²) in [7, 11) is 0.